The molecule has 2 nitrogen and oxygen atoms in total. The number of carbonyl (C=O) groups is 1. The first-order valence-corrected chi connectivity index (χ1v) is 5.66. The second kappa shape index (κ2) is 3.74. The molecule has 2 aromatic carbocycles. The first-order chi connectivity index (χ1) is 8.24. The summed E-state index contributed by atoms with van der Waals surface area (Å²) >= 11 is 0. The van der Waals surface area contributed by atoms with Gasteiger partial charge in [-0.05, 0) is 28.3 Å². The van der Waals surface area contributed by atoms with E-state index >= 15 is 0 Å². The lowest BCUT2D eigenvalue weighted by Crippen LogP contribution is -2.04. The Morgan fingerprint density at radius 2 is 1.94 bits per heavy atom. The minimum Gasteiger partial charge on any atom is -0.481 e. The van der Waals surface area contributed by atoms with Crippen molar-refractivity contribution in [1.29, 1.82) is 0 Å². The van der Waals surface area contributed by atoms with Crippen LogP contribution in [0, 0.1) is 0 Å². The highest BCUT2D eigenvalue weighted by Gasteiger charge is 2.14. The van der Waals surface area contributed by atoms with Crippen LogP contribution < -0.4 is 0 Å². The van der Waals surface area contributed by atoms with Gasteiger partial charge in [-0.15, -0.1) is 0 Å². The summed E-state index contributed by atoms with van der Waals surface area (Å²) in [6, 6.07) is 12.4. The van der Waals surface area contributed by atoms with Crippen LogP contribution in [0.2, 0.25) is 0 Å². The van der Waals surface area contributed by atoms with Gasteiger partial charge in [-0.25, -0.2) is 0 Å². The van der Waals surface area contributed by atoms with Crippen LogP contribution in [0.3, 0.4) is 0 Å². The monoisotopic (exact) mass is 224 g/mol. The summed E-state index contributed by atoms with van der Waals surface area (Å²) in [4.78, 5) is 10.8. The summed E-state index contributed by atoms with van der Waals surface area (Å²) in [6.07, 6.45) is 2.90. The molecular formula is C15H12O2. The van der Waals surface area contributed by atoms with Crippen molar-refractivity contribution >= 4 is 22.8 Å². The molecule has 2 heteroatoms. The first-order valence-electron chi connectivity index (χ1n) is 5.66. The van der Waals surface area contributed by atoms with Gasteiger partial charge in [-0.2, -0.15) is 0 Å². The summed E-state index contributed by atoms with van der Waals surface area (Å²) in [7, 11) is 0. The summed E-state index contributed by atoms with van der Waals surface area (Å²) in [5.41, 5.74) is 3.35. The van der Waals surface area contributed by atoms with Crippen molar-refractivity contribution < 1.29 is 9.90 Å². The SMILES string of the molecule is O=C(O)CC1=Cc2cccc3cccc(c23)C1. The zero-order valence-corrected chi connectivity index (χ0v) is 9.31. The molecule has 2 aromatic rings. The molecule has 0 spiro atoms. The summed E-state index contributed by atoms with van der Waals surface area (Å²) in [5, 5.41) is 11.4. The maximum atomic E-state index is 10.8. The molecular weight excluding hydrogens is 212 g/mol. The molecule has 1 aliphatic rings. The molecule has 0 atom stereocenters. The van der Waals surface area contributed by atoms with Gasteiger partial charge in [-0.1, -0.05) is 48.0 Å². The lowest BCUT2D eigenvalue weighted by atomic mass is 9.88. The molecule has 0 saturated heterocycles. The fraction of sp³-hybridized carbons (Fsp3) is 0.133. The van der Waals surface area contributed by atoms with Crippen LogP contribution in [-0.2, 0) is 11.2 Å². The molecule has 0 aromatic heterocycles. The van der Waals surface area contributed by atoms with Crippen LogP contribution in [0.5, 0.6) is 0 Å². The summed E-state index contributed by atoms with van der Waals surface area (Å²) in [6.45, 7) is 0. The van der Waals surface area contributed by atoms with Crippen molar-refractivity contribution in [2.24, 2.45) is 0 Å². The number of hydrogen-bond acceptors (Lipinski definition) is 1. The summed E-state index contributed by atoms with van der Waals surface area (Å²) in [5.74, 6) is -0.761. The van der Waals surface area contributed by atoms with Crippen LogP contribution >= 0.6 is 0 Å². The molecule has 0 amide bonds. The van der Waals surface area contributed by atoms with Crippen LogP contribution in [0.1, 0.15) is 17.5 Å². The van der Waals surface area contributed by atoms with Gasteiger partial charge in [0, 0.05) is 0 Å². The van der Waals surface area contributed by atoms with Gasteiger partial charge < -0.3 is 5.11 Å². The van der Waals surface area contributed by atoms with Crippen LogP contribution in [0.4, 0.5) is 0 Å². The minimum absolute atomic E-state index is 0.130. The van der Waals surface area contributed by atoms with E-state index in [2.05, 4.69) is 18.2 Å². The van der Waals surface area contributed by atoms with Crippen LogP contribution in [0.15, 0.2) is 42.0 Å². The molecule has 1 aliphatic carbocycles. The predicted octanol–water partition coefficient (Wildman–Crippen LogP) is 3.25. The van der Waals surface area contributed by atoms with Crippen molar-refractivity contribution in [2.75, 3.05) is 0 Å². The molecule has 17 heavy (non-hydrogen) atoms. The Balaban J connectivity index is 2.19. The van der Waals surface area contributed by atoms with Crippen molar-refractivity contribution in [3.63, 3.8) is 0 Å². The zero-order chi connectivity index (χ0) is 11.8. The van der Waals surface area contributed by atoms with Gasteiger partial charge in [0.2, 0.25) is 0 Å². The van der Waals surface area contributed by atoms with Gasteiger partial charge in [-0.3, -0.25) is 4.79 Å². The van der Waals surface area contributed by atoms with Crippen molar-refractivity contribution in [3.8, 4) is 0 Å². The normalized spacial score (nSPS) is 13.5. The number of carboxylic acid groups (broad SMARTS) is 1. The third kappa shape index (κ3) is 1.72. The van der Waals surface area contributed by atoms with E-state index in [9.17, 15) is 4.79 Å². The van der Waals surface area contributed by atoms with E-state index in [1.165, 1.54) is 16.3 Å². The van der Waals surface area contributed by atoms with Crippen LogP contribution in [-0.4, -0.2) is 11.1 Å². The van der Waals surface area contributed by atoms with Crippen LogP contribution in [0.25, 0.3) is 16.8 Å². The molecule has 0 fully saturated rings. The Kier molecular flexibility index (Phi) is 2.22. The van der Waals surface area contributed by atoms with Crippen molar-refractivity contribution in [2.45, 2.75) is 12.8 Å². The van der Waals surface area contributed by atoms with E-state index < -0.39 is 5.97 Å². The highest BCUT2D eigenvalue weighted by molar-refractivity contribution is 5.96. The Labute approximate surface area is 99.2 Å². The fourth-order valence-corrected chi connectivity index (χ4v) is 2.54. The van der Waals surface area contributed by atoms with E-state index in [4.69, 9.17) is 5.11 Å². The largest absolute Gasteiger partial charge is 0.481 e. The van der Waals surface area contributed by atoms with Gasteiger partial charge in [0.15, 0.2) is 0 Å². The Morgan fingerprint density at radius 3 is 2.71 bits per heavy atom. The Bertz CT molecular complexity index is 633. The smallest absolute Gasteiger partial charge is 0.307 e. The van der Waals surface area contributed by atoms with Gasteiger partial charge in [0.05, 0.1) is 6.42 Å². The Morgan fingerprint density at radius 1 is 1.18 bits per heavy atom. The van der Waals surface area contributed by atoms with E-state index in [0.29, 0.717) is 0 Å². The van der Waals surface area contributed by atoms with E-state index in [-0.39, 0.29) is 6.42 Å². The molecule has 0 saturated carbocycles. The average molecular weight is 224 g/mol. The molecule has 84 valence electrons. The second-order valence-electron chi connectivity index (χ2n) is 4.41. The van der Waals surface area contributed by atoms with Gasteiger partial charge >= 0.3 is 5.97 Å². The Hall–Kier alpha value is -2.09. The van der Waals surface area contributed by atoms with Gasteiger partial charge in [0.1, 0.15) is 0 Å². The second-order valence-corrected chi connectivity index (χ2v) is 4.41. The van der Waals surface area contributed by atoms with E-state index in [1.54, 1.807) is 0 Å². The topological polar surface area (TPSA) is 37.3 Å². The lowest BCUT2D eigenvalue weighted by molar-refractivity contribution is -0.136. The molecule has 0 aliphatic heterocycles. The minimum atomic E-state index is -0.761. The number of aliphatic carboxylic acids is 1. The van der Waals surface area contributed by atoms with E-state index in [0.717, 1.165) is 17.6 Å². The average Bonchev–Trinajstić information content (AvgIpc) is 2.28. The maximum Gasteiger partial charge on any atom is 0.307 e. The third-order valence-corrected chi connectivity index (χ3v) is 3.18. The zero-order valence-electron chi connectivity index (χ0n) is 9.31. The van der Waals surface area contributed by atoms with Gasteiger partial charge in [0.25, 0.3) is 0 Å². The number of rotatable bonds is 2. The number of hydrogen-bond donors (Lipinski definition) is 1. The molecule has 0 heterocycles. The summed E-state index contributed by atoms with van der Waals surface area (Å²) < 4.78 is 0. The number of carboxylic acids is 1. The predicted molar refractivity (Wildman–Crippen MR) is 67.9 cm³/mol. The standard InChI is InChI=1S/C15H12O2/c16-14(17)9-10-7-12-5-1-3-11-4-2-6-13(8-10)15(11)12/h1-7H,8-9H2,(H,16,17). The highest BCUT2D eigenvalue weighted by atomic mass is 16.4. The fourth-order valence-electron chi connectivity index (χ4n) is 2.54. The lowest BCUT2D eigenvalue weighted by Gasteiger charge is -2.16. The number of benzene rings is 2. The molecule has 3 rings (SSSR count). The molecule has 0 unspecified atom stereocenters. The molecule has 0 radical (unpaired) electrons. The third-order valence-electron chi connectivity index (χ3n) is 3.18. The van der Waals surface area contributed by atoms with E-state index in [1.807, 2.05) is 24.3 Å². The molecule has 0 bridgehead atoms. The maximum absolute atomic E-state index is 10.8. The molecule has 1 N–H and O–H groups in total. The highest BCUT2D eigenvalue weighted by Crippen LogP contribution is 2.31. The van der Waals surface area contributed by atoms with Crippen molar-refractivity contribution in [3.05, 3.63) is 53.1 Å². The van der Waals surface area contributed by atoms with Crippen molar-refractivity contribution in [1.82, 2.24) is 0 Å². The first kappa shape index (κ1) is 10.1. The quantitative estimate of drug-likeness (QED) is 0.850.